The van der Waals surface area contributed by atoms with Crippen LogP contribution in [0.5, 0.6) is 0 Å². The van der Waals surface area contributed by atoms with Crippen molar-refractivity contribution in [1.29, 1.82) is 0 Å². The molecule has 1 unspecified atom stereocenters. The van der Waals surface area contributed by atoms with Crippen LogP contribution in [-0.2, 0) is 0 Å². The van der Waals surface area contributed by atoms with Crippen molar-refractivity contribution in [3.8, 4) is 0 Å². The van der Waals surface area contributed by atoms with Gasteiger partial charge in [0.25, 0.3) is 0 Å². The molecular weight excluding hydrogens is 242 g/mol. The highest BCUT2D eigenvalue weighted by Gasteiger charge is 2.08. The van der Waals surface area contributed by atoms with Crippen LogP contribution < -0.4 is 11.0 Å². The Hall–Kier alpha value is -1.56. The highest BCUT2D eigenvalue weighted by atomic mass is 35.5. The summed E-state index contributed by atoms with van der Waals surface area (Å²) in [6.07, 6.45) is 1.81. The van der Waals surface area contributed by atoms with Gasteiger partial charge in [-0.1, -0.05) is 6.92 Å². The highest BCUT2D eigenvalue weighted by Crippen LogP contribution is 2.09. The largest absolute Gasteiger partial charge is 0.366 e. The minimum atomic E-state index is -0.339. The van der Waals surface area contributed by atoms with Gasteiger partial charge in [0.15, 0.2) is 5.65 Å². The fraction of sp³-hybridized carbons (Fsp3) is 0.500. The predicted octanol–water partition coefficient (Wildman–Crippen LogP) is 1.24. The average molecular weight is 256 g/mol. The molecule has 0 amide bonds. The number of nitrogens with one attached hydrogen (secondary N) is 2. The Morgan fingerprint density at radius 1 is 1.59 bits per heavy atom. The van der Waals surface area contributed by atoms with E-state index < -0.39 is 0 Å². The van der Waals surface area contributed by atoms with Crippen LogP contribution in [0.4, 0.5) is 5.82 Å². The van der Waals surface area contributed by atoms with Crippen molar-refractivity contribution < 1.29 is 0 Å². The van der Waals surface area contributed by atoms with Crippen LogP contribution >= 0.6 is 11.6 Å². The summed E-state index contributed by atoms with van der Waals surface area (Å²) in [6.45, 7) is 2.08. The third-order valence-corrected chi connectivity index (χ3v) is 2.79. The van der Waals surface area contributed by atoms with E-state index >= 15 is 0 Å². The molecule has 1 atom stereocenters. The fourth-order valence-electron chi connectivity index (χ4n) is 1.60. The molecule has 0 fully saturated rings. The molecule has 92 valence electrons. The number of aromatic nitrogens is 4. The average Bonchev–Trinajstić information content (AvgIpc) is 2.70. The normalized spacial score (nSPS) is 12.8. The summed E-state index contributed by atoms with van der Waals surface area (Å²) < 4.78 is 1.23. The molecule has 0 aliphatic heterocycles. The predicted molar refractivity (Wildman–Crippen MR) is 66.6 cm³/mol. The molecule has 7 heteroatoms. The van der Waals surface area contributed by atoms with Crippen LogP contribution in [0.15, 0.2) is 16.9 Å². The lowest BCUT2D eigenvalue weighted by Crippen LogP contribution is -2.21. The number of aromatic amines is 1. The van der Waals surface area contributed by atoms with E-state index in [1.165, 1.54) is 4.52 Å². The van der Waals surface area contributed by atoms with Gasteiger partial charge in [-0.3, -0.25) is 0 Å². The molecule has 2 rings (SSSR count). The van der Waals surface area contributed by atoms with Gasteiger partial charge in [-0.25, -0.2) is 9.89 Å². The topological polar surface area (TPSA) is 75.1 Å². The Balaban J connectivity index is 2.23. The Morgan fingerprint density at radius 2 is 2.41 bits per heavy atom. The molecule has 0 aromatic carbocycles. The quantitative estimate of drug-likeness (QED) is 0.789. The molecule has 2 heterocycles. The van der Waals surface area contributed by atoms with Gasteiger partial charge < -0.3 is 5.32 Å². The number of H-pyrrole nitrogens is 1. The molecule has 17 heavy (non-hydrogen) atoms. The number of hydrogen-bond acceptors (Lipinski definition) is 4. The smallest absolute Gasteiger partial charge is 0.364 e. The van der Waals surface area contributed by atoms with Gasteiger partial charge in [0.05, 0.1) is 0 Å². The molecule has 0 spiro atoms. The van der Waals surface area contributed by atoms with Crippen LogP contribution in [0.3, 0.4) is 0 Å². The summed E-state index contributed by atoms with van der Waals surface area (Å²) in [5, 5.41) is 13.6. The zero-order chi connectivity index (χ0) is 12.3. The Morgan fingerprint density at radius 3 is 3.12 bits per heavy atom. The first-order chi connectivity index (χ1) is 8.24. The van der Waals surface area contributed by atoms with E-state index in [2.05, 4.69) is 27.5 Å². The molecule has 0 radical (unpaired) electrons. The molecule has 0 bridgehead atoms. The molecule has 2 aromatic heterocycles. The maximum Gasteiger partial charge on any atom is 0.364 e. The summed E-state index contributed by atoms with van der Waals surface area (Å²) in [5.74, 6) is 1.25. The van der Waals surface area contributed by atoms with Crippen molar-refractivity contribution in [2.75, 3.05) is 11.2 Å². The van der Waals surface area contributed by atoms with Crippen molar-refractivity contribution in [2.24, 2.45) is 0 Å². The van der Waals surface area contributed by atoms with Crippen molar-refractivity contribution in [3.05, 3.63) is 22.6 Å². The monoisotopic (exact) mass is 255 g/mol. The summed E-state index contributed by atoms with van der Waals surface area (Å²) >= 11 is 5.71. The summed E-state index contributed by atoms with van der Waals surface area (Å²) in [5.41, 5.74) is 0.167. The van der Waals surface area contributed by atoms with E-state index in [1.807, 2.05) is 0 Å². The number of anilines is 1. The SMILES string of the molecule is CCC(CCCl)Nc1ccc2n[nH]c(=O)n2n1. The highest BCUT2D eigenvalue weighted by molar-refractivity contribution is 6.17. The number of fused-ring (bicyclic) bond motifs is 1. The molecule has 0 aliphatic rings. The van der Waals surface area contributed by atoms with Gasteiger partial charge in [-0.15, -0.1) is 16.7 Å². The maximum absolute atomic E-state index is 11.3. The Labute approximate surface area is 103 Å². The second-order valence-electron chi connectivity index (χ2n) is 3.74. The third kappa shape index (κ3) is 2.58. The van der Waals surface area contributed by atoms with Crippen LogP contribution in [0.25, 0.3) is 5.65 Å². The first-order valence-corrected chi connectivity index (χ1v) is 6.05. The number of nitrogens with zero attached hydrogens (tertiary/aromatic N) is 3. The molecule has 0 saturated heterocycles. The third-order valence-electron chi connectivity index (χ3n) is 2.58. The van der Waals surface area contributed by atoms with E-state index in [9.17, 15) is 4.79 Å². The lowest BCUT2D eigenvalue weighted by Gasteiger charge is -2.15. The fourth-order valence-corrected chi connectivity index (χ4v) is 1.86. The molecule has 2 aromatic rings. The van der Waals surface area contributed by atoms with Gasteiger partial charge in [0.2, 0.25) is 0 Å². The van der Waals surface area contributed by atoms with Gasteiger partial charge in [-0.05, 0) is 25.0 Å². The van der Waals surface area contributed by atoms with E-state index in [1.54, 1.807) is 12.1 Å². The second kappa shape index (κ2) is 5.18. The molecular formula is C10H14ClN5O. The number of rotatable bonds is 5. The first-order valence-electron chi connectivity index (χ1n) is 5.51. The lowest BCUT2D eigenvalue weighted by molar-refractivity contribution is 0.668. The summed E-state index contributed by atoms with van der Waals surface area (Å²) in [4.78, 5) is 11.3. The minimum Gasteiger partial charge on any atom is -0.366 e. The van der Waals surface area contributed by atoms with Gasteiger partial charge in [-0.2, -0.15) is 9.61 Å². The van der Waals surface area contributed by atoms with Gasteiger partial charge in [0.1, 0.15) is 5.82 Å². The minimum absolute atomic E-state index is 0.264. The number of alkyl halides is 1. The summed E-state index contributed by atoms with van der Waals surface area (Å²) in [7, 11) is 0. The van der Waals surface area contributed by atoms with Crippen molar-refractivity contribution in [2.45, 2.75) is 25.8 Å². The van der Waals surface area contributed by atoms with Crippen molar-refractivity contribution in [1.82, 2.24) is 19.8 Å². The molecule has 0 saturated carbocycles. The zero-order valence-corrected chi connectivity index (χ0v) is 10.2. The first kappa shape index (κ1) is 11.9. The van der Waals surface area contributed by atoms with Gasteiger partial charge >= 0.3 is 5.69 Å². The van der Waals surface area contributed by atoms with Crippen LogP contribution in [0.1, 0.15) is 19.8 Å². The summed E-state index contributed by atoms with van der Waals surface area (Å²) in [6, 6.07) is 3.80. The molecule has 2 N–H and O–H groups in total. The second-order valence-corrected chi connectivity index (χ2v) is 4.12. The van der Waals surface area contributed by atoms with E-state index in [0.717, 1.165) is 12.8 Å². The maximum atomic E-state index is 11.3. The van der Waals surface area contributed by atoms with E-state index in [0.29, 0.717) is 17.3 Å². The molecule has 0 aliphatic carbocycles. The van der Waals surface area contributed by atoms with Crippen molar-refractivity contribution in [3.63, 3.8) is 0 Å². The number of hydrogen-bond donors (Lipinski definition) is 2. The lowest BCUT2D eigenvalue weighted by atomic mass is 10.2. The standard InChI is InChI=1S/C10H14ClN5O/c1-2-7(5-6-11)12-8-3-4-9-13-14-10(17)16(9)15-8/h3-4,7H,2,5-6H2,1H3,(H,12,15)(H,14,17). The number of halogens is 1. The van der Waals surface area contributed by atoms with Gasteiger partial charge in [0, 0.05) is 11.9 Å². The Bertz CT molecular complexity index is 549. The van der Waals surface area contributed by atoms with E-state index in [-0.39, 0.29) is 11.7 Å². The Kier molecular flexibility index (Phi) is 3.63. The van der Waals surface area contributed by atoms with Crippen LogP contribution in [0.2, 0.25) is 0 Å². The van der Waals surface area contributed by atoms with Crippen LogP contribution in [0, 0.1) is 0 Å². The van der Waals surface area contributed by atoms with E-state index in [4.69, 9.17) is 11.6 Å². The molecule has 6 nitrogen and oxygen atoms in total. The zero-order valence-electron chi connectivity index (χ0n) is 9.48. The van der Waals surface area contributed by atoms with Crippen molar-refractivity contribution >= 4 is 23.1 Å². The van der Waals surface area contributed by atoms with Crippen LogP contribution in [-0.4, -0.2) is 31.7 Å².